The van der Waals surface area contributed by atoms with E-state index in [9.17, 15) is 5.11 Å². The smallest absolute Gasteiger partial charge is 0.203 e. The maximum Gasteiger partial charge on any atom is 0.203 e. The molecule has 0 unspecified atom stereocenters. The predicted molar refractivity (Wildman–Crippen MR) is 126 cm³/mol. The largest absolute Gasteiger partial charge is 0.493 e. The minimum absolute atomic E-state index is 0.0932. The third kappa shape index (κ3) is 4.86. The van der Waals surface area contributed by atoms with Crippen LogP contribution >= 0.6 is 0 Å². The van der Waals surface area contributed by atoms with Crippen molar-refractivity contribution in [2.24, 2.45) is 0 Å². The van der Waals surface area contributed by atoms with Crippen LogP contribution < -0.4 is 19.5 Å². The van der Waals surface area contributed by atoms with Gasteiger partial charge in [0.05, 0.1) is 40.4 Å². The molecule has 1 aliphatic heterocycles. The molecule has 3 aromatic rings. The van der Waals surface area contributed by atoms with Crippen LogP contribution in [0.25, 0.3) is 11.2 Å². The molecule has 11 heteroatoms. The van der Waals surface area contributed by atoms with E-state index < -0.39 is 0 Å². The number of aromatic nitrogens is 4. The first-order valence-corrected chi connectivity index (χ1v) is 11.2. The highest BCUT2D eigenvalue weighted by Gasteiger charge is 2.30. The fraction of sp³-hybridized carbons (Fsp3) is 0.522. The molecule has 1 aromatic carbocycles. The van der Waals surface area contributed by atoms with Gasteiger partial charge >= 0.3 is 0 Å². The van der Waals surface area contributed by atoms with E-state index in [0.29, 0.717) is 53.9 Å². The lowest BCUT2D eigenvalue weighted by Crippen LogP contribution is -2.46. The van der Waals surface area contributed by atoms with E-state index in [0.717, 1.165) is 5.56 Å². The highest BCUT2D eigenvalue weighted by atomic mass is 16.5. The fourth-order valence-electron chi connectivity index (χ4n) is 4.20. The van der Waals surface area contributed by atoms with Gasteiger partial charge in [-0.2, -0.15) is 0 Å². The van der Waals surface area contributed by atoms with Crippen LogP contribution in [0.2, 0.25) is 0 Å². The Balaban J connectivity index is 1.61. The number of nitrogens with one attached hydrogen (secondary N) is 1. The lowest BCUT2D eigenvalue weighted by atomic mass is 10.1. The SMILES string of the molecule is COc1cc(CN2C[C@@H](CO)O[C@@H](n3cnc4c(NC(C)C)ncnc43)C2)cc(OC)c1OC. The Hall–Kier alpha value is -3.15. The average molecular weight is 473 g/mol. The molecule has 0 radical (unpaired) electrons. The summed E-state index contributed by atoms with van der Waals surface area (Å²) in [4.78, 5) is 15.5. The molecule has 0 spiro atoms. The molecule has 1 fully saturated rings. The molecule has 0 bridgehead atoms. The van der Waals surface area contributed by atoms with Crippen molar-refractivity contribution in [2.75, 3.05) is 46.3 Å². The lowest BCUT2D eigenvalue weighted by molar-refractivity contribution is -0.135. The molecule has 2 atom stereocenters. The van der Waals surface area contributed by atoms with Gasteiger partial charge in [0.15, 0.2) is 28.5 Å². The van der Waals surface area contributed by atoms with Gasteiger partial charge in [-0.3, -0.25) is 9.47 Å². The molecule has 184 valence electrons. The van der Waals surface area contributed by atoms with Crippen LogP contribution in [0.3, 0.4) is 0 Å². The summed E-state index contributed by atoms with van der Waals surface area (Å²) in [7, 11) is 4.78. The quantitative estimate of drug-likeness (QED) is 0.479. The first kappa shape index (κ1) is 24.0. The zero-order chi connectivity index (χ0) is 24.2. The normalized spacial score (nSPS) is 18.9. The maximum absolute atomic E-state index is 9.91. The standard InChI is InChI=1S/C23H32N6O5/c1-14(2)27-22-20-23(25-12-24-22)29(13-26-20)19-10-28(9-16(11-30)34-19)8-15-6-17(31-3)21(33-5)18(7-15)32-4/h6-7,12-14,16,19,30H,8-11H2,1-5H3,(H,24,25,27)/t16-,19+/m0/s1. The number of aliphatic hydroxyl groups is 1. The maximum atomic E-state index is 9.91. The molecule has 1 aliphatic rings. The molecule has 4 rings (SSSR count). The molecule has 3 heterocycles. The number of rotatable bonds is 9. The molecule has 2 aromatic heterocycles. The van der Waals surface area contributed by atoms with Crippen LogP contribution in [-0.2, 0) is 11.3 Å². The third-order valence-electron chi connectivity index (χ3n) is 5.65. The number of benzene rings is 1. The molecular formula is C23H32N6O5. The number of hydrogen-bond acceptors (Lipinski definition) is 10. The Bertz CT molecular complexity index is 1100. The van der Waals surface area contributed by atoms with E-state index in [4.69, 9.17) is 18.9 Å². The van der Waals surface area contributed by atoms with E-state index in [-0.39, 0.29) is 25.0 Å². The summed E-state index contributed by atoms with van der Waals surface area (Å²) in [6, 6.07) is 4.08. The van der Waals surface area contributed by atoms with E-state index in [1.807, 2.05) is 30.5 Å². The Morgan fingerprint density at radius 2 is 1.82 bits per heavy atom. The number of nitrogens with zero attached hydrogens (tertiary/aromatic N) is 5. The Morgan fingerprint density at radius 3 is 2.44 bits per heavy atom. The van der Waals surface area contributed by atoms with Gasteiger partial charge in [-0.1, -0.05) is 0 Å². The van der Waals surface area contributed by atoms with Crippen molar-refractivity contribution in [3.8, 4) is 17.2 Å². The van der Waals surface area contributed by atoms with Crippen LogP contribution in [0.4, 0.5) is 5.82 Å². The molecule has 11 nitrogen and oxygen atoms in total. The molecular weight excluding hydrogens is 440 g/mol. The minimum atomic E-state index is -0.375. The summed E-state index contributed by atoms with van der Waals surface area (Å²) >= 11 is 0. The van der Waals surface area contributed by atoms with Gasteiger partial charge in [0.25, 0.3) is 0 Å². The lowest BCUT2D eigenvalue weighted by Gasteiger charge is -2.38. The van der Waals surface area contributed by atoms with Crippen LogP contribution in [-0.4, -0.2) is 82.7 Å². The number of methoxy groups -OCH3 is 3. The van der Waals surface area contributed by atoms with Gasteiger partial charge in [0.1, 0.15) is 12.6 Å². The number of hydrogen-bond donors (Lipinski definition) is 2. The first-order chi connectivity index (χ1) is 16.5. The number of fused-ring (bicyclic) bond motifs is 1. The Labute approximate surface area is 198 Å². The van der Waals surface area contributed by atoms with Crippen molar-refractivity contribution < 1.29 is 24.1 Å². The van der Waals surface area contributed by atoms with Crippen molar-refractivity contribution >= 4 is 17.0 Å². The van der Waals surface area contributed by atoms with E-state index in [1.165, 1.54) is 6.33 Å². The number of anilines is 1. The number of aliphatic hydroxyl groups excluding tert-OH is 1. The van der Waals surface area contributed by atoms with E-state index in [1.54, 1.807) is 27.7 Å². The molecule has 0 saturated carbocycles. The zero-order valence-electron chi connectivity index (χ0n) is 20.2. The summed E-state index contributed by atoms with van der Waals surface area (Å²) in [5.41, 5.74) is 2.35. The minimum Gasteiger partial charge on any atom is -0.493 e. The zero-order valence-corrected chi connectivity index (χ0v) is 20.2. The summed E-state index contributed by atoms with van der Waals surface area (Å²) < 4.78 is 24.5. The molecule has 1 saturated heterocycles. The van der Waals surface area contributed by atoms with Gasteiger partial charge in [0, 0.05) is 25.7 Å². The second-order valence-corrected chi connectivity index (χ2v) is 8.47. The van der Waals surface area contributed by atoms with Crippen molar-refractivity contribution in [3.63, 3.8) is 0 Å². The molecule has 34 heavy (non-hydrogen) atoms. The van der Waals surface area contributed by atoms with Gasteiger partial charge in [-0.15, -0.1) is 0 Å². The second-order valence-electron chi connectivity index (χ2n) is 8.47. The first-order valence-electron chi connectivity index (χ1n) is 11.2. The van der Waals surface area contributed by atoms with Gasteiger partial charge in [0.2, 0.25) is 5.75 Å². The topological polar surface area (TPSA) is 116 Å². The molecule has 0 aliphatic carbocycles. The summed E-state index contributed by atoms with van der Waals surface area (Å²) in [5, 5.41) is 13.2. The summed E-state index contributed by atoms with van der Waals surface area (Å²) in [6.45, 7) is 5.75. The highest BCUT2D eigenvalue weighted by Crippen LogP contribution is 2.39. The fourth-order valence-corrected chi connectivity index (χ4v) is 4.20. The van der Waals surface area contributed by atoms with E-state index in [2.05, 4.69) is 25.2 Å². The van der Waals surface area contributed by atoms with Gasteiger partial charge in [-0.05, 0) is 31.5 Å². The molecule has 2 N–H and O–H groups in total. The van der Waals surface area contributed by atoms with Crippen LogP contribution in [0.1, 0.15) is 25.6 Å². The summed E-state index contributed by atoms with van der Waals surface area (Å²) in [5.74, 6) is 2.44. The van der Waals surface area contributed by atoms with Gasteiger partial charge in [-0.25, -0.2) is 15.0 Å². The number of imidazole rings is 1. The second kappa shape index (κ2) is 10.4. The highest BCUT2D eigenvalue weighted by molar-refractivity contribution is 5.82. The molecule has 0 amide bonds. The van der Waals surface area contributed by atoms with Crippen molar-refractivity contribution in [3.05, 3.63) is 30.4 Å². The van der Waals surface area contributed by atoms with E-state index >= 15 is 0 Å². The average Bonchev–Trinajstić information content (AvgIpc) is 3.28. The Kier molecular flexibility index (Phi) is 7.35. The third-order valence-corrected chi connectivity index (χ3v) is 5.65. The number of ether oxygens (including phenoxy) is 4. The van der Waals surface area contributed by atoms with Crippen molar-refractivity contribution in [2.45, 2.75) is 38.8 Å². The van der Waals surface area contributed by atoms with Crippen LogP contribution in [0.5, 0.6) is 17.2 Å². The van der Waals surface area contributed by atoms with Crippen molar-refractivity contribution in [1.82, 2.24) is 24.4 Å². The number of morpholine rings is 1. The van der Waals surface area contributed by atoms with Crippen molar-refractivity contribution in [1.29, 1.82) is 0 Å². The van der Waals surface area contributed by atoms with Crippen LogP contribution in [0, 0.1) is 0 Å². The monoisotopic (exact) mass is 472 g/mol. The van der Waals surface area contributed by atoms with Gasteiger partial charge < -0.3 is 29.4 Å². The Morgan fingerprint density at radius 1 is 1.09 bits per heavy atom. The predicted octanol–water partition coefficient (Wildman–Crippen LogP) is 2.06. The summed E-state index contributed by atoms with van der Waals surface area (Å²) in [6.07, 6.45) is 2.51. The van der Waals surface area contributed by atoms with Crippen LogP contribution in [0.15, 0.2) is 24.8 Å².